The molecule has 4 saturated carbocycles. The van der Waals surface area contributed by atoms with E-state index in [-0.39, 0.29) is 35.4 Å². The molecule has 54 heavy (non-hydrogen) atoms. The van der Waals surface area contributed by atoms with E-state index in [1.165, 1.54) is 151 Å². The summed E-state index contributed by atoms with van der Waals surface area (Å²) in [6, 6.07) is 11.4. The fourth-order valence-electron chi connectivity index (χ4n) is 10.3. The summed E-state index contributed by atoms with van der Waals surface area (Å²) < 4.78 is 36.8. The highest BCUT2D eigenvalue weighted by atomic mass is 19.1. The second-order valence-corrected chi connectivity index (χ2v) is 17.5. The Morgan fingerprint density at radius 3 is 1.06 bits per heavy atom. The molecule has 2 aromatic rings. The molecule has 0 bridgehead atoms. The molecule has 4 nitrogen and oxygen atoms in total. The molecule has 0 heterocycles. The average Bonchev–Trinajstić information content (AvgIpc) is 3.21. The largest absolute Gasteiger partial charge is 0.426 e. The molecular formula is C48H70F2O4. The maximum atomic E-state index is 13.0. The summed E-state index contributed by atoms with van der Waals surface area (Å²) in [4.78, 5) is 24.8. The minimum atomic E-state index is -0.310. The predicted octanol–water partition coefficient (Wildman–Crippen LogP) is 13.8. The van der Waals surface area contributed by atoms with Crippen molar-refractivity contribution in [3.63, 3.8) is 0 Å². The molecule has 4 aliphatic carbocycles. The first kappa shape index (κ1) is 42.4. The molecule has 2 aromatic carbocycles. The monoisotopic (exact) mass is 749 g/mol. The molecule has 0 unspecified atom stereocenters. The number of hydrogen-bond acceptors (Lipinski definition) is 4. The van der Waals surface area contributed by atoms with E-state index in [0.717, 1.165) is 86.9 Å². The van der Waals surface area contributed by atoms with E-state index in [2.05, 4.69) is 13.8 Å². The molecule has 0 aliphatic heterocycles. The summed E-state index contributed by atoms with van der Waals surface area (Å²) in [5.41, 5.74) is 0. The van der Waals surface area contributed by atoms with Crippen molar-refractivity contribution in [1.29, 1.82) is 0 Å². The van der Waals surface area contributed by atoms with Crippen LogP contribution in [0.1, 0.15) is 168 Å². The second-order valence-electron chi connectivity index (χ2n) is 17.5. The number of unbranched alkanes of at least 4 members (excludes halogenated alkanes) is 4. The van der Waals surface area contributed by atoms with Gasteiger partial charge in [-0.25, -0.2) is 8.78 Å². The molecule has 6 heteroatoms. The zero-order valence-electron chi connectivity index (χ0n) is 33.6. The van der Waals surface area contributed by atoms with E-state index in [0.29, 0.717) is 11.5 Å². The number of halogens is 2. The molecule has 0 amide bonds. The van der Waals surface area contributed by atoms with Gasteiger partial charge >= 0.3 is 11.9 Å². The normalized spacial score (nSPS) is 28.7. The van der Waals surface area contributed by atoms with Crippen LogP contribution in [0.15, 0.2) is 48.5 Å². The summed E-state index contributed by atoms with van der Waals surface area (Å²) in [6.45, 7) is 4.56. The van der Waals surface area contributed by atoms with Gasteiger partial charge in [-0.2, -0.15) is 0 Å². The van der Waals surface area contributed by atoms with Gasteiger partial charge in [-0.15, -0.1) is 0 Å². The molecule has 0 saturated heterocycles. The quantitative estimate of drug-likeness (QED) is 0.110. The third-order valence-electron chi connectivity index (χ3n) is 13.8. The summed E-state index contributed by atoms with van der Waals surface area (Å²) in [5, 5.41) is 0. The van der Waals surface area contributed by atoms with Crippen LogP contribution in [0, 0.1) is 59.0 Å². The maximum Gasteiger partial charge on any atom is 0.314 e. The van der Waals surface area contributed by atoms with Gasteiger partial charge < -0.3 is 9.47 Å². The maximum absolute atomic E-state index is 13.0. The van der Waals surface area contributed by atoms with E-state index in [1.54, 1.807) is 0 Å². The fraction of sp³-hybridized carbons (Fsp3) is 0.708. The van der Waals surface area contributed by atoms with Crippen LogP contribution in [-0.4, -0.2) is 11.9 Å². The summed E-state index contributed by atoms with van der Waals surface area (Å²) in [6.07, 6.45) is 30.8. The fourth-order valence-corrected chi connectivity index (χ4v) is 10.3. The highest BCUT2D eigenvalue weighted by molar-refractivity contribution is 5.75. The minimum Gasteiger partial charge on any atom is -0.426 e. The van der Waals surface area contributed by atoms with Gasteiger partial charge in [0.1, 0.15) is 23.1 Å². The first-order chi connectivity index (χ1) is 26.3. The van der Waals surface area contributed by atoms with Gasteiger partial charge in [0.25, 0.3) is 0 Å². The number of benzene rings is 2. The Balaban J connectivity index is 0.000000208. The molecular weight excluding hydrogens is 679 g/mol. The van der Waals surface area contributed by atoms with Gasteiger partial charge in [-0.1, -0.05) is 90.9 Å². The van der Waals surface area contributed by atoms with Crippen LogP contribution in [0.4, 0.5) is 8.78 Å². The Morgan fingerprint density at radius 2 is 0.759 bits per heavy atom. The Kier molecular flexibility index (Phi) is 17.8. The molecule has 4 aliphatic rings. The van der Waals surface area contributed by atoms with Crippen molar-refractivity contribution in [2.45, 2.75) is 168 Å². The zero-order chi connectivity index (χ0) is 38.1. The lowest BCUT2D eigenvalue weighted by atomic mass is 9.68. The van der Waals surface area contributed by atoms with Gasteiger partial charge in [-0.05, 0) is 161 Å². The van der Waals surface area contributed by atoms with Crippen molar-refractivity contribution < 1.29 is 27.8 Å². The molecule has 6 rings (SSSR count). The van der Waals surface area contributed by atoms with Crippen LogP contribution < -0.4 is 9.47 Å². The van der Waals surface area contributed by atoms with Gasteiger partial charge in [-0.3, -0.25) is 9.59 Å². The molecule has 0 radical (unpaired) electrons. The summed E-state index contributed by atoms with van der Waals surface area (Å²) in [7, 11) is 0. The lowest BCUT2D eigenvalue weighted by Gasteiger charge is -2.37. The third-order valence-corrected chi connectivity index (χ3v) is 13.8. The third kappa shape index (κ3) is 13.8. The van der Waals surface area contributed by atoms with Crippen LogP contribution in [0.25, 0.3) is 0 Å². The highest BCUT2D eigenvalue weighted by Crippen LogP contribution is 2.44. The predicted molar refractivity (Wildman–Crippen MR) is 214 cm³/mol. The van der Waals surface area contributed by atoms with Crippen molar-refractivity contribution in [3.8, 4) is 11.5 Å². The topological polar surface area (TPSA) is 52.6 Å². The standard InChI is InChI=1S/2C24H35FO2/c2*1-2-3-4-5-18-6-8-19(9-7-18)20-10-12-21(13-11-20)24(26)27-23-16-14-22(25)15-17-23/h2*14-21H,2-13H2,1H3. The molecule has 0 N–H and O–H groups in total. The van der Waals surface area contributed by atoms with Gasteiger partial charge in [0.05, 0.1) is 11.8 Å². The van der Waals surface area contributed by atoms with E-state index in [4.69, 9.17) is 9.47 Å². The highest BCUT2D eigenvalue weighted by Gasteiger charge is 2.35. The lowest BCUT2D eigenvalue weighted by Crippen LogP contribution is -2.30. The molecule has 0 spiro atoms. The molecule has 300 valence electrons. The van der Waals surface area contributed by atoms with E-state index >= 15 is 0 Å². The second kappa shape index (κ2) is 22.7. The summed E-state index contributed by atoms with van der Waals surface area (Å²) in [5.74, 6) is 5.31. The van der Waals surface area contributed by atoms with Gasteiger partial charge in [0.2, 0.25) is 0 Å². The number of rotatable bonds is 14. The lowest BCUT2D eigenvalue weighted by molar-refractivity contribution is -0.141. The van der Waals surface area contributed by atoms with E-state index < -0.39 is 0 Å². The van der Waals surface area contributed by atoms with Crippen LogP contribution in [-0.2, 0) is 9.59 Å². The van der Waals surface area contributed by atoms with Crippen LogP contribution in [0.2, 0.25) is 0 Å². The first-order valence-electron chi connectivity index (χ1n) is 22.3. The van der Waals surface area contributed by atoms with Crippen molar-refractivity contribution in [2.75, 3.05) is 0 Å². The van der Waals surface area contributed by atoms with Crippen molar-refractivity contribution in [3.05, 3.63) is 60.2 Å². The van der Waals surface area contributed by atoms with Gasteiger partial charge in [0.15, 0.2) is 0 Å². The SMILES string of the molecule is CCCCCC1CCC(C2CCC(C(=O)Oc3ccc(F)cc3)CC2)CC1.CCCCCC1CCC(C2CCC(C(=O)Oc3ccc(F)cc3)CC2)CC1. The molecule has 4 fully saturated rings. The average molecular weight is 749 g/mol. The Hall–Kier alpha value is -2.76. The van der Waals surface area contributed by atoms with E-state index in [1.807, 2.05) is 0 Å². The smallest absolute Gasteiger partial charge is 0.314 e. The van der Waals surface area contributed by atoms with E-state index in [9.17, 15) is 18.4 Å². The van der Waals surface area contributed by atoms with Crippen molar-refractivity contribution >= 4 is 11.9 Å². The first-order valence-corrected chi connectivity index (χ1v) is 22.3. The minimum absolute atomic E-state index is 0.0108. The van der Waals surface area contributed by atoms with Crippen LogP contribution in [0.3, 0.4) is 0 Å². The summed E-state index contributed by atoms with van der Waals surface area (Å²) >= 11 is 0. The Labute approximate surface area is 325 Å². The molecule has 0 aromatic heterocycles. The van der Waals surface area contributed by atoms with Crippen LogP contribution in [0.5, 0.6) is 11.5 Å². The van der Waals surface area contributed by atoms with Crippen LogP contribution >= 0.6 is 0 Å². The molecule has 0 atom stereocenters. The Bertz CT molecular complexity index is 1240. The number of carbonyl (C=O) groups is 2. The number of ether oxygens (including phenoxy) is 2. The zero-order valence-corrected chi connectivity index (χ0v) is 33.6. The van der Waals surface area contributed by atoms with Crippen molar-refractivity contribution in [2.24, 2.45) is 47.3 Å². The number of carbonyl (C=O) groups excluding carboxylic acids is 2. The number of hydrogen-bond donors (Lipinski definition) is 0. The van der Waals surface area contributed by atoms with Gasteiger partial charge in [0, 0.05) is 0 Å². The Morgan fingerprint density at radius 1 is 0.463 bits per heavy atom. The van der Waals surface area contributed by atoms with Crippen molar-refractivity contribution in [1.82, 2.24) is 0 Å². The number of esters is 2.